The van der Waals surface area contributed by atoms with E-state index in [4.69, 9.17) is 10.7 Å². The minimum atomic E-state index is -1.09. The maximum absolute atomic E-state index is 13.0. The third-order valence-corrected chi connectivity index (χ3v) is 4.84. The van der Waals surface area contributed by atoms with Crippen LogP contribution in [0.1, 0.15) is 6.92 Å². The van der Waals surface area contributed by atoms with Gasteiger partial charge in [0.2, 0.25) is 0 Å². The fourth-order valence-electron chi connectivity index (χ4n) is 2.55. The van der Waals surface area contributed by atoms with Gasteiger partial charge in [0.15, 0.2) is 10.9 Å². The second kappa shape index (κ2) is 7.93. The number of thioether (sulfide) groups is 1. The number of pyridine rings is 1. The van der Waals surface area contributed by atoms with Gasteiger partial charge in [-0.25, -0.2) is 4.98 Å². The summed E-state index contributed by atoms with van der Waals surface area (Å²) in [5.74, 6) is -1.55. The predicted octanol–water partition coefficient (Wildman–Crippen LogP) is 2.62. The Bertz CT molecular complexity index is 1120. The number of nitrogens with zero attached hydrogens (tertiary/aromatic N) is 4. The number of aromatic nitrogens is 3. The van der Waals surface area contributed by atoms with E-state index in [1.165, 1.54) is 11.5 Å². The molecule has 0 fully saturated rings. The zero-order chi connectivity index (χ0) is 19.4. The van der Waals surface area contributed by atoms with Gasteiger partial charge in [0, 0.05) is 11.9 Å². The van der Waals surface area contributed by atoms with Crippen molar-refractivity contribution in [3.63, 3.8) is 0 Å². The van der Waals surface area contributed by atoms with Crippen molar-refractivity contribution in [2.75, 3.05) is 5.75 Å². The summed E-state index contributed by atoms with van der Waals surface area (Å²) in [6.07, 6.45) is 3.15. The first-order valence-electron chi connectivity index (χ1n) is 8.05. The van der Waals surface area contributed by atoms with Crippen molar-refractivity contribution >= 4 is 34.2 Å². The molecule has 2 heterocycles. The lowest BCUT2D eigenvalue weighted by molar-refractivity contribution is -0.117. The number of benzene rings is 1. The fourth-order valence-corrected chi connectivity index (χ4v) is 3.47. The van der Waals surface area contributed by atoms with Crippen molar-refractivity contribution in [3.8, 4) is 11.8 Å². The molecule has 0 spiro atoms. The standard InChI is InChI=1S/C19H15N5O2S/c1-12(21)15(9-20)17(25)11-27-19-23-16-7-3-2-6-14(16)18(26)24(19)13-5-4-8-22-10-13/h2-8,10,15,21H,11H2,1H3. The molecule has 0 saturated carbocycles. The number of Topliss-reactive ketones (excluding diaryl/α,β-unsaturated/α-hetero) is 1. The molecule has 0 aliphatic rings. The van der Waals surface area contributed by atoms with Crippen LogP contribution >= 0.6 is 11.8 Å². The summed E-state index contributed by atoms with van der Waals surface area (Å²) >= 11 is 1.07. The molecule has 27 heavy (non-hydrogen) atoms. The number of fused-ring (bicyclic) bond motifs is 1. The molecule has 0 bridgehead atoms. The highest BCUT2D eigenvalue weighted by Crippen LogP contribution is 2.22. The van der Waals surface area contributed by atoms with Gasteiger partial charge >= 0.3 is 0 Å². The van der Waals surface area contributed by atoms with Crippen molar-refractivity contribution in [2.45, 2.75) is 12.1 Å². The topological polar surface area (TPSA) is 112 Å². The van der Waals surface area contributed by atoms with Gasteiger partial charge in [-0.05, 0) is 31.2 Å². The molecule has 8 heteroatoms. The van der Waals surface area contributed by atoms with E-state index in [1.54, 1.807) is 48.8 Å². The van der Waals surface area contributed by atoms with E-state index < -0.39 is 11.7 Å². The van der Waals surface area contributed by atoms with E-state index >= 15 is 0 Å². The van der Waals surface area contributed by atoms with Crippen molar-refractivity contribution in [1.82, 2.24) is 14.5 Å². The quantitative estimate of drug-likeness (QED) is 0.401. The number of ketones is 1. The third kappa shape index (κ3) is 3.78. The lowest BCUT2D eigenvalue weighted by Gasteiger charge is -2.13. The molecule has 0 aliphatic carbocycles. The Morgan fingerprint density at radius 2 is 2.11 bits per heavy atom. The van der Waals surface area contributed by atoms with Crippen LogP contribution in [-0.4, -0.2) is 31.8 Å². The largest absolute Gasteiger partial charge is 0.308 e. The summed E-state index contributed by atoms with van der Waals surface area (Å²) < 4.78 is 1.41. The average molecular weight is 377 g/mol. The van der Waals surface area contributed by atoms with Crippen LogP contribution in [0.4, 0.5) is 0 Å². The first kappa shape index (κ1) is 18.5. The fraction of sp³-hybridized carbons (Fsp3) is 0.158. The van der Waals surface area contributed by atoms with Crippen molar-refractivity contribution in [2.24, 2.45) is 5.92 Å². The first-order valence-corrected chi connectivity index (χ1v) is 9.04. The number of hydrogen-bond donors (Lipinski definition) is 1. The lowest BCUT2D eigenvalue weighted by atomic mass is 10.0. The number of nitrogens with one attached hydrogen (secondary N) is 1. The molecule has 2 aromatic heterocycles. The Morgan fingerprint density at radius 1 is 1.33 bits per heavy atom. The molecule has 3 rings (SSSR count). The third-order valence-electron chi connectivity index (χ3n) is 3.88. The zero-order valence-corrected chi connectivity index (χ0v) is 15.2. The van der Waals surface area contributed by atoms with Gasteiger partial charge in [-0.2, -0.15) is 5.26 Å². The Labute approximate surface area is 159 Å². The number of carbonyl (C=O) groups excluding carboxylic acids is 1. The van der Waals surface area contributed by atoms with Gasteiger partial charge in [-0.3, -0.25) is 19.1 Å². The molecular weight excluding hydrogens is 362 g/mol. The summed E-state index contributed by atoms with van der Waals surface area (Å²) in [5, 5.41) is 17.4. The van der Waals surface area contributed by atoms with Crippen LogP contribution in [0.15, 0.2) is 58.7 Å². The van der Waals surface area contributed by atoms with Gasteiger partial charge < -0.3 is 5.41 Å². The molecule has 1 atom stereocenters. The second-order valence-corrected chi connectivity index (χ2v) is 6.71. The average Bonchev–Trinajstić information content (AvgIpc) is 2.67. The second-order valence-electron chi connectivity index (χ2n) is 5.76. The molecule has 0 saturated heterocycles. The molecule has 134 valence electrons. The van der Waals surface area contributed by atoms with E-state index in [0.717, 1.165) is 11.8 Å². The monoisotopic (exact) mass is 377 g/mol. The molecule has 1 aromatic carbocycles. The van der Waals surface area contributed by atoms with Crippen LogP contribution in [0, 0.1) is 22.7 Å². The smallest absolute Gasteiger partial charge is 0.266 e. The van der Waals surface area contributed by atoms with E-state index in [9.17, 15) is 9.59 Å². The van der Waals surface area contributed by atoms with Crippen molar-refractivity contribution in [3.05, 3.63) is 59.1 Å². The van der Waals surface area contributed by atoms with Gasteiger partial charge in [0.25, 0.3) is 5.56 Å². The Hall–Kier alpha value is -3.31. The number of para-hydroxylation sites is 1. The minimum Gasteiger partial charge on any atom is -0.308 e. The van der Waals surface area contributed by atoms with Gasteiger partial charge in [-0.15, -0.1) is 0 Å². The maximum atomic E-state index is 13.0. The number of hydrogen-bond acceptors (Lipinski definition) is 7. The number of carbonyl (C=O) groups is 1. The highest BCUT2D eigenvalue weighted by Gasteiger charge is 2.22. The van der Waals surface area contributed by atoms with Crippen LogP contribution in [0.25, 0.3) is 16.6 Å². The van der Waals surface area contributed by atoms with Gasteiger partial charge in [0.05, 0.1) is 34.6 Å². The summed E-state index contributed by atoms with van der Waals surface area (Å²) in [5.41, 5.74) is 0.802. The molecule has 0 aliphatic heterocycles. The van der Waals surface area contributed by atoms with Crippen molar-refractivity contribution < 1.29 is 4.79 Å². The molecule has 0 amide bonds. The van der Waals surface area contributed by atoms with Crippen LogP contribution in [0.2, 0.25) is 0 Å². The molecule has 3 aromatic rings. The highest BCUT2D eigenvalue weighted by atomic mass is 32.2. The Kier molecular flexibility index (Phi) is 5.43. The van der Waals surface area contributed by atoms with E-state index in [-0.39, 0.29) is 17.0 Å². The number of nitriles is 1. The summed E-state index contributed by atoms with van der Waals surface area (Å²) in [6, 6.07) is 12.3. The highest BCUT2D eigenvalue weighted by molar-refractivity contribution is 7.99. The molecular formula is C19H15N5O2S. The Balaban J connectivity index is 2.06. The minimum absolute atomic E-state index is 0.000722. The van der Waals surface area contributed by atoms with E-state index in [2.05, 4.69) is 9.97 Å². The van der Waals surface area contributed by atoms with Gasteiger partial charge in [0.1, 0.15) is 5.92 Å². The maximum Gasteiger partial charge on any atom is 0.266 e. The molecule has 0 radical (unpaired) electrons. The van der Waals surface area contributed by atoms with E-state index in [0.29, 0.717) is 21.7 Å². The van der Waals surface area contributed by atoms with Gasteiger partial charge in [-0.1, -0.05) is 23.9 Å². The number of rotatable bonds is 6. The zero-order valence-electron chi connectivity index (χ0n) is 14.4. The first-order chi connectivity index (χ1) is 13.0. The molecule has 1 unspecified atom stereocenters. The SMILES string of the molecule is CC(=N)C(C#N)C(=O)CSc1nc2ccccc2c(=O)n1-c1cccnc1. The van der Waals surface area contributed by atoms with Crippen LogP contribution in [-0.2, 0) is 4.79 Å². The predicted molar refractivity (Wildman–Crippen MR) is 103 cm³/mol. The van der Waals surface area contributed by atoms with Crippen molar-refractivity contribution in [1.29, 1.82) is 10.7 Å². The lowest BCUT2D eigenvalue weighted by Crippen LogP contribution is -2.24. The molecule has 7 nitrogen and oxygen atoms in total. The molecule has 1 N–H and O–H groups in total. The summed E-state index contributed by atoms with van der Waals surface area (Å²) in [4.78, 5) is 33.8. The van der Waals surface area contributed by atoms with Crippen LogP contribution in [0.5, 0.6) is 0 Å². The summed E-state index contributed by atoms with van der Waals surface area (Å²) in [6.45, 7) is 1.43. The van der Waals surface area contributed by atoms with Crippen LogP contribution < -0.4 is 5.56 Å². The normalized spacial score (nSPS) is 11.7. The van der Waals surface area contributed by atoms with E-state index in [1.807, 2.05) is 6.07 Å². The van der Waals surface area contributed by atoms with Crippen LogP contribution in [0.3, 0.4) is 0 Å². The Morgan fingerprint density at radius 3 is 2.78 bits per heavy atom. The summed E-state index contributed by atoms with van der Waals surface area (Å²) in [7, 11) is 0.